The second-order valence-corrected chi connectivity index (χ2v) is 41.3. The van der Waals surface area contributed by atoms with Crippen LogP contribution < -0.4 is 0 Å². The van der Waals surface area contributed by atoms with E-state index < -0.39 is 31.3 Å². The van der Waals surface area contributed by atoms with Crippen LogP contribution in [-0.2, 0) is 11.2 Å². The molecule has 0 amide bonds. The maximum Gasteiger partial charge on any atom is 0.143 e. The molecule has 4 aromatic carbocycles. The van der Waals surface area contributed by atoms with E-state index in [0.717, 1.165) is 107 Å². The van der Waals surface area contributed by atoms with Crippen molar-refractivity contribution in [3.8, 4) is 19.5 Å². The second-order valence-electron chi connectivity index (χ2n) is 24.8. The summed E-state index contributed by atoms with van der Waals surface area (Å²) < 4.78 is 10.4. The fourth-order valence-corrected chi connectivity index (χ4v) is 37.3. The van der Waals surface area contributed by atoms with Crippen molar-refractivity contribution in [1.29, 1.82) is 0 Å². The van der Waals surface area contributed by atoms with Crippen LogP contribution in [-0.4, -0.2) is 41.7 Å². The summed E-state index contributed by atoms with van der Waals surface area (Å²) in [4.78, 5) is 4.41. The van der Waals surface area contributed by atoms with Gasteiger partial charge in [-0.2, -0.15) is 20.1 Å². The Hall–Kier alpha value is -3.52. The lowest BCUT2D eigenvalue weighted by molar-refractivity contribution is 0.127. The molecule has 0 spiro atoms. The Balaban J connectivity index is 1.38. The Kier molecular flexibility index (Phi) is 16.3. The zero-order chi connectivity index (χ0) is 58.0. The van der Waals surface area contributed by atoms with Gasteiger partial charge in [0.25, 0.3) is 0 Å². The molecule has 6 aromatic heterocycles. The van der Waals surface area contributed by atoms with E-state index in [4.69, 9.17) is 0 Å². The van der Waals surface area contributed by atoms with E-state index in [1.807, 2.05) is 45.3 Å². The van der Waals surface area contributed by atoms with Crippen molar-refractivity contribution in [2.75, 3.05) is 0 Å². The topological polar surface area (TPSA) is 40.5 Å². The Morgan fingerprint density at radius 2 is 0.525 bits per heavy atom. The molecule has 80 heavy (non-hydrogen) atoms. The lowest BCUT2D eigenvalue weighted by Gasteiger charge is -2.50. The molecule has 2 N–H and O–H groups in total. The van der Waals surface area contributed by atoms with Gasteiger partial charge in [-0.05, 0) is 133 Å². The van der Waals surface area contributed by atoms with E-state index in [1.54, 1.807) is 31.1 Å². The fourth-order valence-electron chi connectivity index (χ4n) is 14.4. The van der Waals surface area contributed by atoms with Crippen molar-refractivity contribution in [3.63, 3.8) is 0 Å². The predicted molar refractivity (Wildman–Crippen MR) is 367 cm³/mol. The SMILES string of the molecule is Cc1cc(C)cc(C(O)(c2cc(C)cc(C)c2)c2c(-c3cc4sc(S(C(C)C)(C(C)C)C(C)C)cc4s3)sc3c(C(O)(c4cc(C)cc(C)c4)c4cc(C)cc(C)c4)c(-c4cc5sc(S(C(C)C)(C(C)C)C(C)C)cc5s4)sc23)c1. The summed E-state index contributed by atoms with van der Waals surface area (Å²) in [5.41, 5.74) is 10.9. The van der Waals surface area contributed by atoms with Crippen molar-refractivity contribution < 1.29 is 10.2 Å². The zero-order valence-corrected chi connectivity index (χ0v) is 57.4. The maximum absolute atomic E-state index is 14.9. The highest BCUT2D eigenvalue weighted by Crippen LogP contribution is 2.71. The van der Waals surface area contributed by atoms with Crippen molar-refractivity contribution in [1.82, 2.24) is 0 Å². The first-order valence-corrected chi connectivity index (χ1v) is 37.2. The first-order valence-electron chi connectivity index (χ1n) is 28.6. The largest absolute Gasteiger partial charge is 0.376 e. The molecule has 0 saturated heterocycles. The van der Waals surface area contributed by atoms with Gasteiger partial charge < -0.3 is 10.2 Å². The molecule has 0 fully saturated rings. The Bertz CT molecular complexity index is 3420. The minimum Gasteiger partial charge on any atom is -0.376 e. The van der Waals surface area contributed by atoms with Crippen LogP contribution in [0.4, 0.5) is 0 Å². The zero-order valence-electron chi connectivity index (χ0n) is 50.9. The number of benzene rings is 4. The number of fused-ring (bicyclic) bond motifs is 3. The van der Waals surface area contributed by atoms with Gasteiger partial charge in [-0.1, -0.05) is 200 Å². The van der Waals surface area contributed by atoms with E-state index in [0.29, 0.717) is 31.5 Å². The molecular formula is C70H84O2S8. The molecule has 424 valence electrons. The molecule has 0 radical (unpaired) electrons. The monoisotopic (exact) mass is 1210 g/mol. The molecule has 0 aliphatic heterocycles. The maximum atomic E-state index is 14.9. The minimum absolute atomic E-state index is 0.549. The quantitative estimate of drug-likeness (QED) is 0.101. The van der Waals surface area contributed by atoms with E-state index in [1.165, 1.54) is 18.8 Å². The number of rotatable bonds is 16. The van der Waals surface area contributed by atoms with Crippen LogP contribution in [0.3, 0.4) is 0 Å². The lowest BCUT2D eigenvalue weighted by atomic mass is 9.77. The third-order valence-corrected chi connectivity index (χ3v) is 37.3. The Morgan fingerprint density at radius 1 is 0.300 bits per heavy atom. The molecule has 10 aromatic rings. The predicted octanol–water partition coefficient (Wildman–Crippen LogP) is 22.7. The van der Waals surface area contributed by atoms with Gasteiger partial charge >= 0.3 is 0 Å². The van der Waals surface area contributed by atoms with E-state index in [9.17, 15) is 10.2 Å². The third-order valence-electron chi connectivity index (χ3n) is 17.0. The molecule has 10 heteroatoms. The Labute approximate surface area is 506 Å². The van der Waals surface area contributed by atoms with E-state index >= 15 is 0 Å². The van der Waals surface area contributed by atoms with Crippen LogP contribution >= 0.6 is 88.1 Å². The van der Waals surface area contributed by atoms with Crippen LogP contribution in [0.2, 0.25) is 0 Å². The molecule has 6 heterocycles. The smallest absolute Gasteiger partial charge is 0.143 e. The molecule has 0 atom stereocenters. The van der Waals surface area contributed by atoms with Crippen molar-refractivity contribution in [2.45, 2.75) is 190 Å². The molecule has 0 bridgehead atoms. The first-order chi connectivity index (χ1) is 37.6. The fraction of sp³-hybridized carbons (Fsp3) is 0.400. The van der Waals surface area contributed by atoms with Gasteiger partial charge in [-0.25, -0.2) is 0 Å². The summed E-state index contributed by atoms with van der Waals surface area (Å²) in [5.74, 6) is 0. The average molecular weight is 1210 g/mol. The van der Waals surface area contributed by atoms with Gasteiger partial charge in [0.1, 0.15) is 11.2 Å². The van der Waals surface area contributed by atoms with E-state index in [2.05, 4.69) is 236 Å². The average Bonchev–Trinajstić information content (AvgIpc) is 4.19. The third kappa shape index (κ3) is 9.62. The van der Waals surface area contributed by atoms with Crippen LogP contribution in [0.5, 0.6) is 0 Å². The van der Waals surface area contributed by atoms with Gasteiger partial charge in [0, 0.05) is 48.1 Å². The van der Waals surface area contributed by atoms with Crippen molar-refractivity contribution in [2.24, 2.45) is 0 Å². The summed E-state index contributed by atoms with van der Waals surface area (Å²) >= 11 is 11.3. The summed E-state index contributed by atoms with van der Waals surface area (Å²) in [5, 5.41) is 33.0. The minimum atomic E-state index is -1.59. The van der Waals surface area contributed by atoms with Gasteiger partial charge in [0.15, 0.2) is 0 Å². The van der Waals surface area contributed by atoms with Gasteiger partial charge in [0.05, 0.1) is 19.2 Å². The standard InChI is InChI=1S/C70H84O2S8/c1-37(2)79(38(3)4,39(5)6)61-35-57-55(75-61)33-59(73-57)65-63(69(71,51-25-43(13)21-44(14)26-51)52-27-45(15)22-46(16)28-52)67-68(77-65)64(70(72,53-29-47(17)23-48(18)30-53)54-31-49(19)24-50(20)32-54)66(78-67)60-34-56-58(74-60)36-62(76-56)80(40(7)8,41(9)10)42(11)12/h21-42,71-72H,1-20H3. The number of hydrogen-bond acceptors (Lipinski definition) is 8. The highest BCUT2D eigenvalue weighted by Gasteiger charge is 2.47. The second kappa shape index (κ2) is 21.8. The van der Waals surface area contributed by atoms with Crippen LogP contribution in [0.25, 0.3) is 47.7 Å². The number of aryl methyl sites for hydroxylation is 8. The normalized spacial score (nSPS) is 13.7. The number of aliphatic hydroxyl groups is 2. The van der Waals surface area contributed by atoms with Crippen LogP contribution in [0, 0.1) is 55.4 Å². The van der Waals surface area contributed by atoms with Crippen molar-refractivity contribution in [3.05, 3.63) is 175 Å². The van der Waals surface area contributed by atoms with Crippen molar-refractivity contribution >= 4 is 116 Å². The van der Waals surface area contributed by atoms with Crippen LogP contribution in [0.15, 0.2) is 105 Å². The summed E-state index contributed by atoms with van der Waals surface area (Å²) in [6.07, 6.45) is 0. The summed E-state index contributed by atoms with van der Waals surface area (Å²) in [6.45, 7) is 46.5. The highest BCUT2D eigenvalue weighted by molar-refractivity contribution is 8.36. The highest BCUT2D eigenvalue weighted by atomic mass is 32.3. The van der Waals surface area contributed by atoms with E-state index in [-0.39, 0.29) is 0 Å². The first kappa shape index (κ1) is 59.6. The molecule has 0 saturated carbocycles. The molecular weight excluding hydrogens is 1130 g/mol. The summed E-state index contributed by atoms with van der Waals surface area (Å²) in [7, 11) is -2.29. The van der Waals surface area contributed by atoms with Crippen LogP contribution in [0.1, 0.15) is 161 Å². The molecule has 0 aliphatic rings. The number of hydrogen-bond donors (Lipinski definition) is 2. The summed E-state index contributed by atoms with van der Waals surface area (Å²) in [6, 6.07) is 36.5. The van der Waals surface area contributed by atoms with Gasteiger partial charge in [-0.3, -0.25) is 0 Å². The molecule has 0 aliphatic carbocycles. The lowest BCUT2D eigenvalue weighted by Crippen LogP contribution is -2.30. The molecule has 2 nitrogen and oxygen atoms in total. The Morgan fingerprint density at radius 3 is 0.738 bits per heavy atom. The molecule has 0 unspecified atom stereocenters. The van der Waals surface area contributed by atoms with Gasteiger partial charge in [0.2, 0.25) is 0 Å². The number of thiophene rings is 6. The van der Waals surface area contributed by atoms with Gasteiger partial charge in [-0.15, -0.1) is 68.0 Å². The molecule has 10 rings (SSSR count).